The summed E-state index contributed by atoms with van der Waals surface area (Å²) in [6, 6.07) is 0.845. The predicted octanol–water partition coefficient (Wildman–Crippen LogP) is 1.25. The van der Waals surface area contributed by atoms with E-state index in [0.717, 1.165) is 6.07 Å². The van der Waals surface area contributed by atoms with E-state index in [1.807, 2.05) is 0 Å². The van der Waals surface area contributed by atoms with Gasteiger partial charge in [0.2, 0.25) is 0 Å². The fraction of sp³-hybridized carbons (Fsp3) is 0.143. The number of H-pyrrole nitrogens is 1. The van der Waals surface area contributed by atoms with Gasteiger partial charge in [-0.2, -0.15) is 13.2 Å². The molecule has 1 N–H and O–H groups in total. The Morgan fingerprint density at radius 1 is 1.25 bits per heavy atom. The second-order valence-electron chi connectivity index (χ2n) is 2.89. The van der Waals surface area contributed by atoms with Crippen molar-refractivity contribution in [3.63, 3.8) is 0 Å². The minimum Gasteiger partial charge on any atom is -0.343 e. The zero-order valence-corrected chi connectivity index (χ0v) is 8.30. The molecule has 0 aliphatic rings. The van der Waals surface area contributed by atoms with Crippen LogP contribution in [0.1, 0.15) is 0 Å². The lowest BCUT2D eigenvalue weighted by molar-refractivity contribution is -0.0436. The molecule has 0 aliphatic heterocycles. The molecule has 2 rings (SSSR count). The van der Waals surface area contributed by atoms with Crippen molar-refractivity contribution in [1.82, 2.24) is 15.0 Å². The number of aromatic nitrogens is 3. The smallest absolute Gasteiger partial charge is 0.343 e. The van der Waals surface area contributed by atoms with Crippen molar-refractivity contribution in [3.8, 4) is 0 Å². The summed E-state index contributed by atoms with van der Waals surface area (Å²) in [4.78, 5) is 8.73. The van der Waals surface area contributed by atoms with Crippen LogP contribution in [0.25, 0.3) is 11.2 Å². The van der Waals surface area contributed by atoms with Crippen molar-refractivity contribution in [2.45, 2.75) is 10.4 Å². The Bertz CT molecular complexity index is 632. The first kappa shape index (κ1) is 10.9. The molecule has 0 aromatic carbocycles. The van der Waals surface area contributed by atoms with E-state index in [1.165, 1.54) is 6.33 Å². The van der Waals surface area contributed by atoms with Gasteiger partial charge in [0.1, 0.15) is 0 Å². The van der Waals surface area contributed by atoms with Crippen LogP contribution < -0.4 is 0 Å². The highest BCUT2D eigenvalue weighted by Gasteiger charge is 2.47. The van der Waals surface area contributed by atoms with Crippen molar-refractivity contribution in [3.05, 3.63) is 18.6 Å². The molecule has 0 aliphatic carbocycles. The summed E-state index contributed by atoms with van der Waals surface area (Å²) in [6.45, 7) is 0. The van der Waals surface area contributed by atoms with Crippen LogP contribution in [0.4, 0.5) is 13.2 Å². The molecule has 86 valence electrons. The average molecular weight is 251 g/mol. The van der Waals surface area contributed by atoms with Gasteiger partial charge in [0.05, 0.1) is 16.7 Å². The van der Waals surface area contributed by atoms with Crippen LogP contribution in [0.2, 0.25) is 0 Å². The van der Waals surface area contributed by atoms with Crippen molar-refractivity contribution in [2.75, 3.05) is 0 Å². The highest BCUT2D eigenvalue weighted by Crippen LogP contribution is 2.30. The fourth-order valence-electron chi connectivity index (χ4n) is 1.09. The third-order valence-electron chi connectivity index (χ3n) is 1.86. The van der Waals surface area contributed by atoms with E-state index in [0.29, 0.717) is 6.20 Å². The van der Waals surface area contributed by atoms with Gasteiger partial charge in [0.25, 0.3) is 9.84 Å². The molecule has 2 aromatic rings. The van der Waals surface area contributed by atoms with E-state index in [9.17, 15) is 21.6 Å². The van der Waals surface area contributed by atoms with Gasteiger partial charge in [-0.1, -0.05) is 0 Å². The van der Waals surface area contributed by atoms with E-state index >= 15 is 0 Å². The number of nitrogens with zero attached hydrogens (tertiary/aromatic N) is 2. The number of halogens is 3. The average Bonchev–Trinajstić information content (AvgIpc) is 2.61. The van der Waals surface area contributed by atoms with E-state index in [4.69, 9.17) is 0 Å². The minimum atomic E-state index is -5.36. The van der Waals surface area contributed by atoms with E-state index in [2.05, 4.69) is 15.0 Å². The lowest BCUT2D eigenvalue weighted by Gasteiger charge is -2.06. The topological polar surface area (TPSA) is 75.7 Å². The molecule has 0 radical (unpaired) electrons. The largest absolute Gasteiger partial charge is 0.501 e. The number of hydrogen-bond donors (Lipinski definition) is 1. The van der Waals surface area contributed by atoms with Crippen LogP contribution in [0, 0.1) is 0 Å². The lowest BCUT2D eigenvalue weighted by atomic mass is 10.4. The van der Waals surface area contributed by atoms with Crippen molar-refractivity contribution in [2.24, 2.45) is 0 Å². The van der Waals surface area contributed by atoms with Crippen LogP contribution in [0.3, 0.4) is 0 Å². The maximum Gasteiger partial charge on any atom is 0.501 e. The van der Waals surface area contributed by atoms with Crippen LogP contribution in [0.5, 0.6) is 0 Å². The number of hydrogen-bond acceptors (Lipinski definition) is 4. The van der Waals surface area contributed by atoms with E-state index in [-0.39, 0.29) is 11.2 Å². The molecule has 9 heteroatoms. The molecule has 0 unspecified atom stereocenters. The molecule has 0 saturated heterocycles. The number of aromatic amines is 1. The highest BCUT2D eigenvalue weighted by atomic mass is 32.2. The fourth-order valence-corrected chi connectivity index (χ4v) is 1.82. The summed E-state index contributed by atoms with van der Waals surface area (Å²) in [5, 5.41) is 0. The first-order valence-corrected chi connectivity index (χ1v) is 5.41. The summed E-state index contributed by atoms with van der Waals surface area (Å²) in [6.07, 6.45) is 1.84. The number of sulfone groups is 1. The predicted molar refractivity (Wildman–Crippen MR) is 47.1 cm³/mol. The number of pyridine rings is 1. The summed E-state index contributed by atoms with van der Waals surface area (Å²) < 4.78 is 58.7. The number of imidazole rings is 1. The van der Waals surface area contributed by atoms with Gasteiger partial charge in [-0.15, -0.1) is 0 Å². The van der Waals surface area contributed by atoms with Gasteiger partial charge < -0.3 is 4.98 Å². The highest BCUT2D eigenvalue weighted by molar-refractivity contribution is 7.92. The number of nitrogens with one attached hydrogen (secondary N) is 1. The molecule has 0 saturated carbocycles. The molecule has 2 heterocycles. The Morgan fingerprint density at radius 2 is 1.94 bits per heavy atom. The monoisotopic (exact) mass is 251 g/mol. The summed E-state index contributed by atoms with van der Waals surface area (Å²) in [5.41, 5.74) is -5.05. The quantitative estimate of drug-likeness (QED) is 0.827. The number of fused-ring (bicyclic) bond motifs is 1. The Labute approximate surface area is 87.2 Å². The second-order valence-corrected chi connectivity index (χ2v) is 4.84. The molecule has 0 fully saturated rings. The molecule has 5 nitrogen and oxygen atoms in total. The van der Waals surface area contributed by atoms with Crippen LogP contribution >= 0.6 is 0 Å². The Morgan fingerprint density at radius 3 is 2.56 bits per heavy atom. The number of rotatable bonds is 1. The van der Waals surface area contributed by atoms with Crippen LogP contribution in [-0.4, -0.2) is 28.9 Å². The standard InChI is InChI=1S/C7H4F3N3O2S/c8-7(9,10)16(14,15)4-1-5-6(11-2-4)13-3-12-5/h1-3H,(H,11,12,13). The molecular formula is C7H4F3N3O2S. The van der Waals surface area contributed by atoms with E-state index < -0.39 is 20.2 Å². The van der Waals surface area contributed by atoms with Crippen molar-refractivity contribution >= 4 is 21.0 Å². The Hall–Kier alpha value is -1.64. The molecular weight excluding hydrogens is 247 g/mol. The molecule has 0 bridgehead atoms. The zero-order chi connectivity index (χ0) is 12.0. The third-order valence-corrected chi connectivity index (χ3v) is 3.32. The summed E-state index contributed by atoms with van der Waals surface area (Å²) in [7, 11) is -5.36. The maximum atomic E-state index is 12.2. The minimum absolute atomic E-state index is 0.130. The van der Waals surface area contributed by atoms with Crippen molar-refractivity contribution in [1.29, 1.82) is 0 Å². The zero-order valence-electron chi connectivity index (χ0n) is 7.49. The number of alkyl halides is 3. The third kappa shape index (κ3) is 1.52. The van der Waals surface area contributed by atoms with Crippen LogP contribution in [-0.2, 0) is 9.84 Å². The van der Waals surface area contributed by atoms with Crippen LogP contribution in [0.15, 0.2) is 23.5 Å². The van der Waals surface area contributed by atoms with Gasteiger partial charge in [-0.25, -0.2) is 18.4 Å². The van der Waals surface area contributed by atoms with Crippen molar-refractivity contribution < 1.29 is 21.6 Å². The summed E-state index contributed by atoms with van der Waals surface area (Å²) >= 11 is 0. The SMILES string of the molecule is O=S(=O)(c1cnc2nc[nH]c2c1)C(F)(F)F. The molecule has 2 aromatic heterocycles. The first-order chi connectivity index (χ1) is 7.32. The van der Waals surface area contributed by atoms with Gasteiger partial charge in [0, 0.05) is 6.20 Å². The summed E-state index contributed by atoms with van der Waals surface area (Å²) in [5.74, 6) is 0. The van der Waals surface area contributed by atoms with Gasteiger partial charge in [-0.3, -0.25) is 0 Å². The molecule has 0 amide bonds. The normalized spacial score (nSPS) is 13.2. The first-order valence-electron chi connectivity index (χ1n) is 3.93. The van der Waals surface area contributed by atoms with E-state index in [1.54, 1.807) is 0 Å². The molecule has 16 heavy (non-hydrogen) atoms. The Kier molecular flexibility index (Phi) is 2.15. The van der Waals surface area contributed by atoms with Gasteiger partial charge >= 0.3 is 5.51 Å². The molecule has 0 atom stereocenters. The van der Waals surface area contributed by atoms with Gasteiger partial charge in [-0.05, 0) is 6.07 Å². The molecule has 0 spiro atoms. The second kappa shape index (κ2) is 3.17. The Balaban J connectivity index is 2.64. The lowest BCUT2D eigenvalue weighted by Crippen LogP contribution is -2.23. The van der Waals surface area contributed by atoms with Gasteiger partial charge in [0.15, 0.2) is 5.65 Å². The maximum absolute atomic E-state index is 12.2.